The van der Waals surface area contributed by atoms with E-state index in [1.54, 1.807) is 6.20 Å². The Morgan fingerprint density at radius 1 is 1.45 bits per heavy atom. The maximum atomic E-state index is 12.1. The van der Waals surface area contributed by atoms with Gasteiger partial charge in [-0.15, -0.1) is 11.3 Å². The summed E-state index contributed by atoms with van der Waals surface area (Å²) in [5.74, 6) is 5.21. The minimum Gasteiger partial charge on any atom is -0.384 e. The van der Waals surface area contributed by atoms with E-state index in [4.69, 9.17) is 5.11 Å². The van der Waals surface area contributed by atoms with Crippen LogP contribution < -0.4 is 5.32 Å². The molecule has 4 nitrogen and oxygen atoms in total. The largest absolute Gasteiger partial charge is 0.384 e. The first-order valence-corrected chi connectivity index (χ1v) is 6.86. The monoisotopic (exact) mass is 286 g/mol. The lowest BCUT2D eigenvalue weighted by atomic mass is 10.1. The van der Waals surface area contributed by atoms with Gasteiger partial charge >= 0.3 is 0 Å². The quantitative estimate of drug-likeness (QED) is 0.833. The zero-order chi connectivity index (χ0) is 14.5. The van der Waals surface area contributed by atoms with E-state index in [9.17, 15) is 4.79 Å². The van der Waals surface area contributed by atoms with Crippen LogP contribution in [0.5, 0.6) is 0 Å². The number of aromatic nitrogens is 1. The number of anilines is 1. The molecule has 1 aromatic heterocycles. The number of hydrogen-bond donors (Lipinski definition) is 2. The second kappa shape index (κ2) is 6.33. The Bertz CT molecular complexity index is 695. The Morgan fingerprint density at radius 3 is 2.90 bits per heavy atom. The number of carbonyl (C=O) groups excluding carboxylic acids is 1. The number of aryl methyl sites for hydroxylation is 2. The summed E-state index contributed by atoms with van der Waals surface area (Å²) < 4.78 is 0. The van der Waals surface area contributed by atoms with Gasteiger partial charge in [0.15, 0.2) is 0 Å². The van der Waals surface area contributed by atoms with Crippen LogP contribution in [-0.2, 0) is 0 Å². The van der Waals surface area contributed by atoms with E-state index < -0.39 is 0 Å². The summed E-state index contributed by atoms with van der Waals surface area (Å²) in [7, 11) is 0. The number of carbonyl (C=O) groups is 1. The lowest BCUT2D eigenvalue weighted by Gasteiger charge is -2.07. The van der Waals surface area contributed by atoms with E-state index >= 15 is 0 Å². The first kappa shape index (κ1) is 14.3. The number of amides is 1. The standard InChI is InChI=1S/C15H14N2O2S/c1-10-5-6-12(4-3-7-18)13(8-10)17-15(19)14-9-16-11(2)20-14/h5-6,8-9,18H,7H2,1-2H3,(H,17,19). The summed E-state index contributed by atoms with van der Waals surface area (Å²) in [5.41, 5.74) is 2.34. The van der Waals surface area contributed by atoms with Crippen LogP contribution in [0.4, 0.5) is 5.69 Å². The zero-order valence-electron chi connectivity index (χ0n) is 11.2. The predicted octanol–water partition coefficient (Wildman–Crippen LogP) is 2.36. The number of rotatable bonds is 2. The highest BCUT2D eigenvalue weighted by molar-refractivity contribution is 7.13. The van der Waals surface area contributed by atoms with Gasteiger partial charge in [-0.1, -0.05) is 17.9 Å². The Hall–Kier alpha value is -2.16. The highest BCUT2D eigenvalue weighted by atomic mass is 32.1. The minimum absolute atomic E-state index is 0.201. The molecule has 0 saturated heterocycles. The molecule has 2 aromatic rings. The fraction of sp³-hybridized carbons (Fsp3) is 0.200. The number of thiazole rings is 1. The molecule has 0 aliphatic rings. The number of aliphatic hydroxyl groups is 1. The number of hydrogen-bond acceptors (Lipinski definition) is 4. The number of aliphatic hydroxyl groups excluding tert-OH is 1. The third-order valence-corrected chi connectivity index (χ3v) is 3.48. The fourth-order valence-corrected chi connectivity index (χ4v) is 2.33. The molecule has 0 unspecified atom stereocenters. The Labute approximate surface area is 121 Å². The second-order valence-electron chi connectivity index (χ2n) is 4.21. The maximum Gasteiger partial charge on any atom is 0.267 e. The highest BCUT2D eigenvalue weighted by Gasteiger charge is 2.11. The van der Waals surface area contributed by atoms with Gasteiger partial charge in [-0.3, -0.25) is 4.79 Å². The molecule has 5 heteroatoms. The van der Waals surface area contributed by atoms with Crippen LogP contribution >= 0.6 is 11.3 Å². The van der Waals surface area contributed by atoms with Gasteiger partial charge in [0.1, 0.15) is 11.5 Å². The van der Waals surface area contributed by atoms with E-state index in [2.05, 4.69) is 22.1 Å². The average Bonchev–Trinajstić information content (AvgIpc) is 2.85. The zero-order valence-corrected chi connectivity index (χ0v) is 12.0. The summed E-state index contributed by atoms with van der Waals surface area (Å²) in [6.45, 7) is 3.58. The van der Waals surface area contributed by atoms with Crippen LogP contribution in [0.3, 0.4) is 0 Å². The summed E-state index contributed by atoms with van der Waals surface area (Å²) in [6.07, 6.45) is 1.56. The molecule has 0 saturated carbocycles. The number of nitrogens with one attached hydrogen (secondary N) is 1. The van der Waals surface area contributed by atoms with E-state index in [1.165, 1.54) is 11.3 Å². The van der Waals surface area contributed by atoms with Crippen molar-refractivity contribution in [3.63, 3.8) is 0 Å². The van der Waals surface area contributed by atoms with Gasteiger partial charge in [-0.05, 0) is 31.5 Å². The van der Waals surface area contributed by atoms with Gasteiger partial charge in [0.2, 0.25) is 0 Å². The van der Waals surface area contributed by atoms with Crippen molar-refractivity contribution >= 4 is 22.9 Å². The summed E-state index contributed by atoms with van der Waals surface area (Å²) >= 11 is 1.34. The van der Waals surface area contributed by atoms with Crippen molar-refractivity contribution in [2.24, 2.45) is 0 Å². The molecule has 102 valence electrons. The molecule has 2 rings (SSSR count). The van der Waals surface area contributed by atoms with Crippen LogP contribution in [0.1, 0.15) is 25.8 Å². The molecule has 1 heterocycles. The van der Waals surface area contributed by atoms with Crippen LogP contribution in [0, 0.1) is 25.7 Å². The summed E-state index contributed by atoms with van der Waals surface area (Å²) in [5, 5.41) is 12.5. The average molecular weight is 286 g/mol. The van der Waals surface area contributed by atoms with Crippen LogP contribution in [0.2, 0.25) is 0 Å². The molecule has 0 aliphatic carbocycles. The Morgan fingerprint density at radius 2 is 2.25 bits per heavy atom. The maximum absolute atomic E-state index is 12.1. The van der Waals surface area contributed by atoms with Crippen molar-refractivity contribution in [1.82, 2.24) is 4.98 Å². The van der Waals surface area contributed by atoms with Crippen molar-refractivity contribution in [1.29, 1.82) is 0 Å². The van der Waals surface area contributed by atoms with Crippen molar-refractivity contribution in [2.45, 2.75) is 13.8 Å². The van der Waals surface area contributed by atoms with E-state index in [-0.39, 0.29) is 12.5 Å². The lowest BCUT2D eigenvalue weighted by molar-refractivity contribution is 0.103. The van der Waals surface area contributed by atoms with Gasteiger partial charge in [0.05, 0.1) is 16.9 Å². The molecule has 2 N–H and O–H groups in total. The third kappa shape index (κ3) is 3.44. The first-order chi connectivity index (χ1) is 9.60. The molecule has 0 atom stereocenters. The van der Waals surface area contributed by atoms with Crippen molar-refractivity contribution in [2.75, 3.05) is 11.9 Å². The molecule has 0 spiro atoms. The SMILES string of the molecule is Cc1ccc(C#CCO)c(NC(=O)c2cnc(C)s2)c1. The second-order valence-corrected chi connectivity index (χ2v) is 5.44. The smallest absolute Gasteiger partial charge is 0.267 e. The van der Waals surface area contributed by atoms with Crippen LogP contribution in [0.25, 0.3) is 0 Å². The molecule has 1 amide bonds. The van der Waals surface area contributed by atoms with E-state index in [1.807, 2.05) is 32.0 Å². The predicted molar refractivity (Wildman–Crippen MR) is 79.9 cm³/mol. The molecule has 20 heavy (non-hydrogen) atoms. The number of nitrogens with zero attached hydrogens (tertiary/aromatic N) is 1. The van der Waals surface area contributed by atoms with Gasteiger partial charge in [0, 0.05) is 5.56 Å². The fourth-order valence-electron chi connectivity index (χ4n) is 1.66. The van der Waals surface area contributed by atoms with Crippen molar-refractivity contribution in [3.8, 4) is 11.8 Å². The van der Waals surface area contributed by atoms with Crippen molar-refractivity contribution in [3.05, 3.63) is 45.4 Å². The van der Waals surface area contributed by atoms with Gasteiger partial charge in [0.25, 0.3) is 5.91 Å². The van der Waals surface area contributed by atoms with Crippen LogP contribution in [-0.4, -0.2) is 22.6 Å². The molecule has 0 fully saturated rings. The van der Waals surface area contributed by atoms with E-state index in [0.717, 1.165) is 10.6 Å². The molecule has 1 aromatic carbocycles. The topological polar surface area (TPSA) is 62.2 Å². The van der Waals surface area contributed by atoms with Crippen molar-refractivity contribution < 1.29 is 9.90 Å². The first-order valence-electron chi connectivity index (χ1n) is 6.04. The van der Waals surface area contributed by atoms with Crippen LogP contribution in [0.15, 0.2) is 24.4 Å². The van der Waals surface area contributed by atoms with E-state index in [0.29, 0.717) is 16.1 Å². The number of benzene rings is 1. The molecule has 0 radical (unpaired) electrons. The molecular weight excluding hydrogens is 272 g/mol. The summed E-state index contributed by atoms with van der Waals surface area (Å²) in [6, 6.07) is 5.59. The van der Waals surface area contributed by atoms with Gasteiger partial charge in [-0.2, -0.15) is 0 Å². The minimum atomic E-state index is -0.213. The summed E-state index contributed by atoms with van der Waals surface area (Å²) in [4.78, 5) is 16.8. The molecule has 0 bridgehead atoms. The lowest BCUT2D eigenvalue weighted by Crippen LogP contribution is -2.11. The Balaban J connectivity index is 2.28. The molecular formula is C15H14N2O2S. The highest BCUT2D eigenvalue weighted by Crippen LogP contribution is 2.19. The Kier molecular flexibility index (Phi) is 4.51. The molecule has 0 aliphatic heterocycles. The third-order valence-electron chi connectivity index (χ3n) is 2.57. The van der Waals surface area contributed by atoms with Gasteiger partial charge in [-0.25, -0.2) is 4.98 Å². The normalized spacial score (nSPS) is 9.75. The van der Waals surface area contributed by atoms with Gasteiger partial charge < -0.3 is 10.4 Å².